The van der Waals surface area contributed by atoms with Gasteiger partial charge in [0.25, 0.3) is 0 Å². The van der Waals surface area contributed by atoms with E-state index in [0.717, 1.165) is 18.7 Å². The highest BCUT2D eigenvalue weighted by Gasteiger charge is 2.42. The van der Waals surface area contributed by atoms with Crippen LogP contribution in [0.15, 0.2) is 54.6 Å². The third-order valence-electron chi connectivity index (χ3n) is 5.11. The SMILES string of the molecule is c1ccc(CNC2CC3(CCCC3)Oc3ccccc32)cc1. The zero-order chi connectivity index (χ0) is 14.8. The van der Waals surface area contributed by atoms with Gasteiger partial charge in [-0.1, -0.05) is 48.5 Å². The molecular formula is C20H23NO. The molecule has 1 fully saturated rings. The lowest BCUT2D eigenvalue weighted by molar-refractivity contribution is 0.0364. The number of fused-ring (bicyclic) bond motifs is 1. The first-order chi connectivity index (χ1) is 10.8. The summed E-state index contributed by atoms with van der Waals surface area (Å²) in [6, 6.07) is 19.6. The molecule has 0 amide bonds. The molecule has 0 bridgehead atoms. The number of nitrogens with one attached hydrogen (secondary N) is 1. The average molecular weight is 293 g/mol. The molecular weight excluding hydrogens is 270 g/mol. The van der Waals surface area contributed by atoms with Crippen LogP contribution in [0.25, 0.3) is 0 Å². The van der Waals surface area contributed by atoms with Crippen LogP contribution < -0.4 is 10.1 Å². The number of benzene rings is 2. The standard InChI is InChI=1S/C20H23NO/c1-2-8-16(9-3-1)15-21-18-14-20(12-6-7-13-20)22-19-11-5-4-10-17(18)19/h1-5,8-11,18,21H,6-7,12-15H2. The van der Waals surface area contributed by atoms with Gasteiger partial charge in [-0.25, -0.2) is 0 Å². The Labute approximate surface area is 132 Å². The molecule has 0 saturated heterocycles. The summed E-state index contributed by atoms with van der Waals surface area (Å²) in [4.78, 5) is 0. The van der Waals surface area contributed by atoms with Gasteiger partial charge in [0, 0.05) is 24.6 Å². The van der Waals surface area contributed by atoms with Gasteiger partial charge in [0.05, 0.1) is 0 Å². The van der Waals surface area contributed by atoms with Crippen molar-refractivity contribution in [1.82, 2.24) is 5.32 Å². The van der Waals surface area contributed by atoms with Crippen LogP contribution in [0, 0.1) is 0 Å². The Hall–Kier alpha value is -1.80. The van der Waals surface area contributed by atoms with Gasteiger partial charge in [-0.3, -0.25) is 0 Å². The lowest BCUT2D eigenvalue weighted by Crippen LogP contribution is -2.42. The molecule has 2 aliphatic rings. The zero-order valence-electron chi connectivity index (χ0n) is 12.9. The largest absolute Gasteiger partial charge is 0.487 e. The molecule has 2 aromatic carbocycles. The van der Waals surface area contributed by atoms with Crippen molar-refractivity contribution in [2.24, 2.45) is 0 Å². The van der Waals surface area contributed by atoms with E-state index in [1.165, 1.54) is 36.8 Å². The summed E-state index contributed by atoms with van der Waals surface area (Å²) < 4.78 is 6.42. The lowest BCUT2D eigenvalue weighted by atomic mass is 9.86. The number of para-hydroxylation sites is 1. The first kappa shape index (κ1) is 13.8. The van der Waals surface area contributed by atoms with Gasteiger partial charge < -0.3 is 10.1 Å². The molecule has 1 N–H and O–H groups in total. The maximum Gasteiger partial charge on any atom is 0.124 e. The Morgan fingerprint density at radius 2 is 1.68 bits per heavy atom. The maximum absolute atomic E-state index is 6.42. The fraction of sp³-hybridized carbons (Fsp3) is 0.400. The molecule has 2 nitrogen and oxygen atoms in total. The third-order valence-corrected chi connectivity index (χ3v) is 5.11. The number of ether oxygens (including phenoxy) is 1. The van der Waals surface area contributed by atoms with Crippen molar-refractivity contribution >= 4 is 0 Å². The Morgan fingerprint density at radius 1 is 0.955 bits per heavy atom. The van der Waals surface area contributed by atoms with Crippen LogP contribution in [0.2, 0.25) is 0 Å². The van der Waals surface area contributed by atoms with Crippen molar-refractivity contribution in [3.05, 3.63) is 65.7 Å². The van der Waals surface area contributed by atoms with Gasteiger partial charge in [-0.15, -0.1) is 0 Å². The van der Waals surface area contributed by atoms with Crippen molar-refractivity contribution < 1.29 is 4.74 Å². The van der Waals surface area contributed by atoms with Crippen molar-refractivity contribution in [1.29, 1.82) is 0 Å². The molecule has 2 heteroatoms. The monoisotopic (exact) mass is 293 g/mol. The smallest absolute Gasteiger partial charge is 0.124 e. The summed E-state index contributed by atoms with van der Waals surface area (Å²) in [6.07, 6.45) is 6.09. The van der Waals surface area contributed by atoms with E-state index < -0.39 is 0 Å². The second-order valence-corrected chi connectivity index (χ2v) is 6.65. The minimum Gasteiger partial charge on any atom is -0.487 e. The quantitative estimate of drug-likeness (QED) is 0.892. The fourth-order valence-corrected chi connectivity index (χ4v) is 3.96. The molecule has 1 saturated carbocycles. The van der Waals surface area contributed by atoms with Crippen LogP contribution in [0.3, 0.4) is 0 Å². The van der Waals surface area contributed by atoms with E-state index >= 15 is 0 Å². The molecule has 4 rings (SSSR count). The molecule has 1 aliphatic carbocycles. The second kappa shape index (κ2) is 5.77. The molecule has 2 aromatic rings. The highest BCUT2D eigenvalue weighted by atomic mass is 16.5. The zero-order valence-corrected chi connectivity index (χ0v) is 12.9. The fourth-order valence-electron chi connectivity index (χ4n) is 3.96. The van der Waals surface area contributed by atoms with Gasteiger partial charge in [-0.05, 0) is 37.3 Å². The van der Waals surface area contributed by atoms with Crippen molar-refractivity contribution in [3.63, 3.8) is 0 Å². The highest BCUT2D eigenvalue weighted by molar-refractivity contribution is 5.39. The molecule has 1 unspecified atom stereocenters. The van der Waals surface area contributed by atoms with Gasteiger partial charge in [0.1, 0.15) is 11.4 Å². The van der Waals surface area contributed by atoms with Gasteiger partial charge in [-0.2, -0.15) is 0 Å². The lowest BCUT2D eigenvalue weighted by Gasteiger charge is -2.40. The van der Waals surface area contributed by atoms with E-state index in [0.29, 0.717) is 6.04 Å². The maximum atomic E-state index is 6.42. The molecule has 22 heavy (non-hydrogen) atoms. The van der Waals surface area contributed by atoms with E-state index in [1.54, 1.807) is 0 Å². The van der Waals surface area contributed by atoms with Crippen LogP contribution in [-0.2, 0) is 6.54 Å². The van der Waals surface area contributed by atoms with Crippen LogP contribution in [0.1, 0.15) is 49.3 Å². The molecule has 114 valence electrons. The summed E-state index contributed by atoms with van der Waals surface area (Å²) in [6.45, 7) is 0.913. The molecule has 1 atom stereocenters. The molecule has 0 radical (unpaired) electrons. The van der Waals surface area contributed by atoms with Gasteiger partial charge in [0.15, 0.2) is 0 Å². The predicted molar refractivity (Wildman–Crippen MR) is 88.9 cm³/mol. The van der Waals surface area contributed by atoms with Crippen LogP contribution in [0.4, 0.5) is 0 Å². The summed E-state index contributed by atoms with van der Waals surface area (Å²) in [5.41, 5.74) is 2.73. The predicted octanol–water partition coefficient (Wildman–Crippen LogP) is 4.61. The first-order valence-electron chi connectivity index (χ1n) is 8.40. The molecule has 0 aromatic heterocycles. The number of rotatable bonds is 3. The minimum absolute atomic E-state index is 0.0721. The summed E-state index contributed by atoms with van der Waals surface area (Å²) in [7, 11) is 0. The van der Waals surface area contributed by atoms with Gasteiger partial charge >= 0.3 is 0 Å². The van der Waals surface area contributed by atoms with Crippen LogP contribution in [0.5, 0.6) is 5.75 Å². The van der Waals surface area contributed by atoms with E-state index in [-0.39, 0.29) is 5.60 Å². The Morgan fingerprint density at radius 3 is 2.50 bits per heavy atom. The third kappa shape index (κ3) is 2.64. The highest BCUT2D eigenvalue weighted by Crippen LogP contribution is 2.47. The second-order valence-electron chi connectivity index (χ2n) is 6.65. The normalized spacial score (nSPS) is 22.3. The van der Waals surface area contributed by atoms with Crippen molar-refractivity contribution in [2.45, 2.75) is 50.3 Å². The van der Waals surface area contributed by atoms with Crippen molar-refractivity contribution in [3.8, 4) is 5.75 Å². The topological polar surface area (TPSA) is 21.3 Å². The van der Waals surface area contributed by atoms with Crippen LogP contribution in [-0.4, -0.2) is 5.60 Å². The average Bonchev–Trinajstić information content (AvgIpc) is 3.01. The Balaban J connectivity index is 1.57. The first-order valence-corrected chi connectivity index (χ1v) is 8.40. The Bertz CT molecular complexity index is 631. The summed E-state index contributed by atoms with van der Waals surface area (Å²) in [5, 5.41) is 3.77. The van der Waals surface area contributed by atoms with E-state index in [4.69, 9.17) is 4.74 Å². The van der Waals surface area contributed by atoms with Gasteiger partial charge in [0.2, 0.25) is 0 Å². The Kier molecular flexibility index (Phi) is 3.63. The summed E-state index contributed by atoms with van der Waals surface area (Å²) in [5.74, 6) is 1.08. The minimum atomic E-state index is 0.0721. The summed E-state index contributed by atoms with van der Waals surface area (Å²) >= 11 is 0. The van der Waals surface area contributed by atoms with E-state index in [2.05, 4.69) is 59.9 Å². The number of hydrogen-bond acceptors (Lipinski definition) is 2. The van der Waals surface area contributed by atoms with Crippen molar-refractivity contribution in [2.75, 3.05) is 0 Å². The molecule has 1 heterocycles. The van der Waals surface area contributed by atoms with E-state index in [9.17, 15) is 0 Å². The van der Waals surface area contributed by atoms with E-state index in [1.807, 2.05) is 0 Å². The molecule has 1 spiro atoms. The molecule has 1 aliphatic heterocycles. The number of hydrogen-bond donors (Lipinski definition) is 1. The van der Waals surface area contributed by atoms with Crippen LogP contribution >= 0.6 is 0 Å².